The van der Waals surface area contributed by atoms with Gasteiger partial charge in [-0.05, 0) is 43.2 Å². The van der Waals surface area contributed by atoms with Gasteiger partial charge in [-0.3, -0.25) is 4.90 Å². The maximum atomic E-state index is 11.9. The van der Waals surface area contributed by atoms with E-state index < -0.39 is 5.97 Å². The van der Waals surface area contributed by atoms with Gasteiger partial charge in [0, 0.05) is 38.1 Å². The highest BCUT2D eigenvalue weighted by Gasteiger charge is 2.34. The molecule has 0 amide bonds. The molecule has 2 aliphatic rings. The van der Waals surface area contributed by atoms with Crippen LogP contribution in [0, 0.1) is 5.92 Å². The minimum Gasteiger partial charge on any atom is -0.493 e. The van der Waals surface area contributed by atoms with E-state index >= 15 is 0 Å². The van der Waals surface area contributed by atoms with Crippen LogP contribution in [0.15, 0.2) is 47.0 Å². The number of halogens is 1. The molecule has 0 N–H and O–H groups in total. The fraction of sp³-hybridized carbons (Fsp3) is 0.417. The molecule has 0 saturated carbocycles. The van der Waals surface area contributed by atoms with Crippen LogP contribution >= 0.6 is 11.6 Å². The number of esters is 1. The van der Waals surface area contributed by atoms with Crippen LogP contribution in [0.5, 0.6) is 5.75 Å². The van der Waals surface area contributed by atoms with Crippen LogP contribution in [-0.2, 0) is 4.74 Å². The van der Waals surface area contributed by atoms with Crippen LogP contribution in [0.3, 0.4) is 0 Å². The van der Waals surface area contributed by atoms with Crippen molar-refractivity contribution in [3.63, 3.8) is 0 Å². The third kappa shape index (κ3) is 4.14. The van der Waals surface area contributed by atoms with E-state index in [2.05, 4.69) is 21.0 Å². The lowest BCUT2D eigenvalue weighted by Gasteiger charge is -2.46. The summed E-state index contributed by atoms with van der Waals surface area (Å²) in [6.45, 7) is 4.51. The van der Waals surface area contributed by atoms with Crippen LogP contribution in [0.25, 0.3) is 11.0 Å². The molecule has 2 aromatic carbocycles. The van der Waals surface area contributed by atoms with Crippen molar-refractivity contribution >= 4 is 34.4 Å². The summed E-state index contributed by atoms with van der Waals surface area (Å²) in [5.41, 5.74) is 1.16. The first-order valence-electron chi connectivity index (χ1n) is 11.0. The lowest BCUT2D eigenvalue weighted by Crippen LogP contribution is -2.57. The molecule has 0 aliphatic carbocycles. The SMILES string of the molecule is COC(=O)c1cc(OC[C@@H]2CC[C@H]3CN(c4noc5ccccc45)CCN3C2)ccc1Cl. The first-order valence-corrected chi connectivity index (χ1v) is 11.3. The smallest absolute Gasteiger partial charge is 0.339 e. The molecule has 0 radical (unpaired) electrons. The van der Waals surface area contributed by atoms with Crippen molar-refractivity contribution in [3.05, 3.63) is 53.1 Å². The predicted octanol–water partition coefficient (Wildman–Crippen LogP) is 4.25. The number of benzene rings is 2. The molecule has 2 atom stereocenters. The van der Waals surface area contributed by atoms with Crippen LogP contribution in [-0.4, -0.2) is 62.0 Å². The van der Waals surface area contributed by atoms with Gasteiger partial charge in [0.2, 0.25) is 0 Å². The second-order valence-electron chi connectivity index (χ2n) is 8.48. The summed E-state index contributed by atoms with van der Waals surface area (Å²) in [6, 6.07) is 13.7. The highest BCUT2D eigenvalue weighted by molar-refractivity contribution is 6.33. The summed E-state index contributed by atoms with van der Waals surface area (Å²) in [4.78, 5) is 16.8. The van der Waals surface area contributed by atoms with Gasteiger partial charge in [0.05, 0.1) is 29.7 Å². The number of carbonyl (C=O) groups excluding carboxylic acids is 1. The van der Waals surface area contributed by atoms with E-state index in [-0.39, 0.29) is 0 Å². The molecule has 0 spiro atoms. The Morgan fingerprint density at radius 2 is 2.06 bits per heavy atom. The third-order valence-electron chi connectivity index (χ3n) is 6.49. The van der Waals surface area contributed by atoms with E-state index in [9.17, 15) is 4.79 Å². The number of fused-ring (bicyclic) bond motifs is 2. The van der Waals surface area contributed by atoms with Gasteiger partial charge in [0.15, 0.2) is 11.4 Å². The Bertz CT molecular complexity index is 1120. The van der Waals surface area contributed by atoms with Gasteiger partial charge in [-0.25, -0.2) is 4.79 Å². The second kappa shape index (κ2) is 9.00. The Balaban J connectivity index is 1.18. The summed E-state index contributed by atoms with van der Waals surface area (Å²) in [7, 11) is 1.34. The highest BCUT2D eigenvalue weighted by Crippen LogP contribution is 2.31. The predicted molar refractivity (Wildman–Crippen MR) is 123 cm³/mol. The molecular formula is C24H26ClN3O4. The van der Waals surface area contributed by atoms with E-state index in [0.717, 1.165) is 55.8 Å². The van der Waals surface area contributed by atoms with Crippen LogP contribution in [0.1, 0.15) is 23.2 Å². The maximum Gasteiger partial charge on any atom is 0.339 e. The topological polar surface area (TPSA) is 68.0 Å². The van der Waals surface area contributed by atoms with Crippen molar-refractivity contribution in [3.8, 4) is 5.75 Å². The lowest BCUT2D eigenvalue weighted by molar-refractivity contribution is 0.0599. The second-order valence-corrected chi connectivity index (χ2v) is 8.89. The molecule has 1 aromatic heterocycles. The molecule has 3 aromatic rings. The summed E-state index contributed by atoms with van der Waals surface area (Å²) < 4.78 is 16.3. The van der Waals surface area contributed by atoms with Crippen molar-refractivity contribution in [2.45, 2.75) is 18.9 Å². The van der Waals surface area contributed by atoms with Gasteiger partial charge < -0.3 is 18.9 Å². The summed E-state index contributed by atoms with van der Waals surface area (Å²) in [5.74, 6) is 1.58. The minimum absolute atomic E-state index is 0.326. The molecule has 0 unspecified atom stereocenters. The number of methoxy groups -OCH3 is 1. The first-order chi connectivity index (χ1) is 15.6. The first kappa shape index (κ1) is 21.1. The van der Waals surface area contributed by atoms with E-state index in [1.165, 1.54) is 7.11 Å². The third-order valence-corrected chi connectivity index (χ3v) is 6.82. The normalized spacial score (nSPS) is 21.4. The van der Waals surface area contributed by atoms with Gasteiger partial charge in [0.1, 0.15) is 5.75 Å². The molecule has 168 valence electrons. The minimum atomic E-state index is -0.460. The fourth-order valence-electron chi connectivity index (χ4n) is 4.76. The molecule has 2 fully saturated rings. The summed E-state index contributed by atoms with van der Waals surface area (Å²) in [6.07, 6.45) is 2.22. The van der Waals surface area contributed by atoms with E-state index in [1.807, 2.05) is 18.2 Å². The number of carbonyl (C=O) groups is 1. The number of ether oxygens (including phenoxy) is 2. The summed E-state index contributed by atoms with van der Waals surface area (Å²) in [5, 5.41) is 5.78. The zero-order valence-corrected chi connectivity index (χ0v) is 18.8. The number of aromatic nitrogens is 1. The Kier molecular flexibility index (Phi) is 5.93. The molecular weight excluding hydrogens is 430 g/mol. The molecule has 8 heteroatoms. The Morgan fingerprint density at radius 3 is 2.94 bits per heavy atom. The van der Waals surface area contributed by atoms with Gasteiger partial charge in [-0.1, -0.05) is 28.9 Å². The molecule has 5 rings (SSSR count). The van der Waals surface area contributed by atoms with Gasteiger partial charge in [-0.2, -0.15) is 0 Å². The van der Waals surface area contributed by atoms with Crippen molar-refractivity contribution in [2.75, 3.05) is 44.8 Å². The molecule has 2 aliphatic heterocycles. The Hall–Kier alpha value is -2.77. The zero-order chi connectivity index (χ0) is 22.1. The van der Waals surface area contributed by atoms with E-state index in [1.54, 1.807) is 18.2 Å². The molecule has 7 nitrogen and oxygen atoms in total. The number of para-hydroxylation sites is 1. The Morgan fingerprint density at radius 1 is 1.19 bits per heavy atom. The van der Waals surface area contributed by atoms with Crippen LogP contribution < -0.4 is 9.64 Å². The van der Waals surface area contributed by atoms with Crippen molar-refractivity contribution in [2.24, 2.45) is 5.92 Å². The molecule has 32 heavy (non-hydrogen) atoms. The number of hydrogen-bond donors (Lipinski definition) is 0. The number of hydrogen-bond acceptors (Lipinski definition) is 7. The van der Waals surface area contributed by atoms with E-state index in [4.69, 9.17) is 25.6 Å². The monoisotopic (exact) mass is 455 g/mol. The van der Waals surface area contributed by atoms with Crippen LogP contribution in [0.2, 0.25) is 5.02 Å². The van der Waals surface area contributed by atoms with Gasteiger partial charge >= 0.3 is 5.97 Å². The molecule has 3 heterocycles. The number of anilines is 1. The average molecular weight is 456 g/mol. The number of piperazine rings is 1. The van der Waals surface area contributed by atoms with Gasteiger partial charge in [-0.15, -0.1) is 0 Å². The van der Waals surface area contributed by atoms with Crippen molar-refractivity contribution in [1.82, 2.24) is 10.1 Å². The lowest BCUT2D eigenvalue weighted by atomic mass is 9.91. The standard InChI is InChI=1S/C24H26ClN3O4/c1-30-24(29)20-12-18(8-9-21(20)25)31-15-16-6-7-17-14-28(11-10-27(17)13-16)23-19-4-2-3-5-22(19)32-26-23/h2-5,8-9,12,16-17H,6-7,10-11,13-15H2,1H3/t16-,17+/m1/s1. The maximum absolute atomic E-state index is 11.9. The largest absolute Gasteiger partial charge is 0.493 e. The average Bonchev–Trinajstić information content (AvgIpc) is 3.27. The zero-order valence-electron chi connectivity index (χ0n) is 18.0. The van der Waals surface area contributed by atoms with Gasteiger partial charge in [0.25, 0.3) is 0 Å². The number of piperidine rings is 1. The fourth-order valence-corrected chi connectivity index (χ4v) is 4.96. The molecule has 2 saturated heterocycles. The highest BCUT2D eigenvalue weighted by atomic mass is 35.5. The number of nitrogens with zero attached hydrogens (tertiary/aromatic N) is 3. The van der Waals surface area contributed by atoms with Crippen molar-refractivity contribution < 1.29 is 18.8 Å². The van der Waals surface area contributed by atoms with Crippen molar-refractivity contribution in [1.29, 1.82) is 0 Å². The van der Waals surface area contributed by atoms with Crippen LogP contribution in [0.4, 0.5) is 5.82 Å². The molecule has 0 bridgehead atoms. The number of rotatable bonds is 5. The quantitative estimate of drug-likeness (QED) is 0.533. The van der Waals surface area contributed by atoms with E-state index in [0.29, 0.717) is 34.9 Å². The Labute approximate surface area is 191 Å². The summed E-state index contributed by atoms with van der Waals surface area (Å²) >= 11 is 6.10.